The summed E-state index contributed by atoms with van der Waals surface area (Å²) < 4.78 is 6.47. The quantitative estimate of drug-likeness (QED) is 0.533. The monoisotopic (exact) mass is 418 g/mol. The highest BCUT2D eigenvalue weighted by molar-refractivity contribution is 7.15. The van der Waals surface area contributed by atoms with Crippen LogP contribution in [-0.2, 0) is 16.8 Å². The average Bonchev–Trinajstić information content (AvgIpc) is 3.42. The molecule has 2 aliphatic rings. The van der Waals surface area contributed by atoms with E-state index in [2.05, 4.69) is 30.9 Å². The summed E-state index contributed by atoms with van der Waals surface area (Å²) in [6, 6.07) is 4.30. The van der Waals surface area contributed by atoms with E-state index in [-0.39, 0.29) is 5.60 Å². The summed E-state index contributed by atoms with van der Waals surface area (Å²) in [6.07, 6.45) is 10.1. The minimum absolute atomic E-state index is 0.202. The molecule has 1 saturated heterocycles. The highest BCUT2D eigenvalue weighted by atomic mass is 32.1. The summed E-state index contributed by atoms with van der Waals surface area (Å²) in [5, 5.41) is 0. The van der Waals surface area contributed by atoms with Gasteiger partial charge in [0.05, 0.1) is 28.9 Å². The Morgan fingerprint density at radius 1 is 1.20 bits per heavy atom. The first-order valence-electron chi connectivity index (χ1n) is 10.3. The first-order valence-corrected chi connectivity index (χ1v) is 11.1. The van der Waals surface area contributed by atoms with Crippen molar-refractivity contribution in [3.63, 3.8) is 0 Å². The van der Waals surface area contributed by atoms with E-state index in [1.807, 2.05) is 36.7 Å². The molecule has 0 aliphatic carbocycles. The van der Waals surface area contributed by atoms with E-state index in [9.17, 15) is 0 Å². The number of anilines is 1. The van der Waals surface area contributed by atoms with Crippen molar-refractivity contribution in [2.75, 3.05) is 24.6 Å². The highest BCUT2D eigenvalue weighted by Crippen LogP contribution is 2.47. The van der Waals surface area contributed by atoms with E-state index in [0.717, 1.165) is 67.3 Å². The van der Waals surface area contributed by atoms with Gasteiger partial charge in [-0.15, -0.1) is 11.3 Å². The third kappa shape index (κ3) is 2.82. The predicted molar refractivity (Wildman–Crippen MR) is 117 cm³/mol. The SMILES string of the molecule is Cc1nc(N2CCC3(CC2)OCCc2cc(-c4cnccn4)sc23)c2[nH]ccc2n1. The van der Waals surface area contributed by atoms with Gasteiger partial charge in [-0.05, 0) is 43.9 Å². The van der Waals surface area contributed by atoms with Crippen LogP contribution in [0.3, 0.4) is 0 Å². The lowest BCUT2D eigenvalue weighted by molar-refractivity contribution is -0.0735. The number of aromatic nitrogens is 5. The van der Waals surface area contributed by atoms with Gasteiger partial charge < -0.3 is 14.6 Å². The molecule has 152 valence electrons. The molecule has 0 unspecified atom stereocenters. The molecule has 1 spiro atoms. The third-order valence-corrected chi connectivity index (χ3v) is 7.54. The van der Waals surface area contributed by atoms with Gasteiger partial charge in [-0.25, -0.2) is 9.97 Å². The first kappa shape index (κ1) is 18.0. The van der Waals surface area contributed by atoms with Crippen molar-refractivity contribution in [3.8, 4) is 10.6 Å². The molecule has 4 aromatic heterocycles. The second-order valence-corrected chi connectivity index (χ2v) is 9.02. The van der Waals surface area contributed by atoms with Crippen LogP contribution in [0.4, 0.5) is 5.82 Å². The minimum atomic E-state index is -0.202. The maximum atomic E-state index is 6.47. The molecule has 0 bridgehead atoms. The predicted octanol–water partition coefficient (Wildman–Crippen LogP) is 3.85. The number of rotatable bonds is 2. The Hall–Kier alpha value is -2.84. The Morgan fingerprint density at radius 3 is 2.93 bits per heavy atom. The summed E-state index contributed by atoms with van der Waals surface area (Å²) in [5.41, 5.74) is 4.13. The lowest BCUT2D eigenvalue weighted by Crippen LogP contribution is -2.46. The molecule has 6 rings (SSSR count). The van der Waals surface area contributed by atoms with Crippen LogP contribution in [0.5, 0.6) is 0 Å². The molecule has 0 aromatic carbocycles. The van der Waals surface area contributed by atoms with Crippen LogP contribution in [0.25, 0.3) is 21.6 Å². The lowest BCUT2D eigenvalue weighted by Gasteiger charge is -2.44. The number of nitrogens with zero attached hydrogens (tertiary/aromatic N) is 5. The number of fused-ring (bicyclic) bond motifs is 3. The van der Waals surface area contributed by atoms with Gasteiger partial charge in [-0.2, -0.15) is 0 Å². The van der Waals surface area contributed by atoms with Crippen molar-refractivity contribution in [1.29, 1.82) is 0 Å². The standard InChI is InChI=1S/C22H22N6OS/c1-14-26-16-2-6-25-19(16)21(27-14)28-9-4-22(5-10-28)20-15(3-11-29-22)12-18(30-20)17-13-23-7-8-24-17/h2,6-8,12-13,25H,3-5,9-11H2,1H3. The van der Waals surface area contributed by atoms with Gasteiger partial charge in [-0.1, -0.05) is 0 Å². The minimum Gasteiger partial charge on any atom is -0.369 e. The van der Waals surface area contributed by atoms with Gasteiger partial charge in [0.2, 0.25) is 0 Å². The number of H-pyrrole nitrogens is 1. The second kappa shape index (κ2) is 6.85. The van der Waals surface area contributed by atoms with Crippen LogP contribution in [0.1, 0.15) is 29.1 Å². The van der Waals surface area contributed by atoms with Crippen LogP contribution in [0.2, 0.25) is 0 Å². The van der Waals surface area contributed by atoms with Crippen LogP contribution >= 0.6 is 11.3 Å². The number of hydrogen-bond donors (Lipinski definition) is 1. The molecule has 1 fully saturated rings. The second-order valence-electron chi connectivity index (χ2n) is 7.97. The number of thiophene rings is 1. The number of hydrogen-bond acceptors (Lipinski definition) is 7. The number of aromatic amines is 1. The Bertz CT molecular complexity index is 1210. The molecule has 4 aromatic rings. The fourth-order valence-electron chi connectivity index (χ4n) is 4.70. The molecule has 6 heterocycles. The number of ether oxygens (including phenoxy) is 1. The van der Waals surface area contributed by atoms with Crippen LogP contribution in [0.15, 0.2) is 36.9 Å². The molecule has 7 nitrogen and oxygen atoms in total. The molecular formula is C22H22N6OS. The fourth-order valence-corrected chi connectivity index (χ4v) is 6.07. The van der Waals surface area contributed by atoms with E-state index in [1.54, 1.807) is 12.4 Å². The lowest BCUT2D eigenvalue weighted by atomic mass is 9.85. The zero-order valence-corrected chi connectivity index (χ0v) is 17.6. The van der Waals surface area contributed by atoms with E-state index >= 15 is 0 Å². The smallest absolute Gasteiger partial charge is 0.156 e. The van der Waals surface area contributed by atoms with Gasteiger partial charge in [0.15, 0.2) is 5.82 Å². The van der Waals surface area contributed by atoms with Crippen molar-refractivity contribution < 1.29 is 4.74 Å². The molecule has 0 saturated carbocycles. The average molecular weight is 419 g/mol. The topological polar surface area (TPSA) is 79.8 Å². The fraction of sp³-hybridized carbons (Fsp3) is 0.364. The molecule has 2 aliphatic heterocycles. The maximum Gasteiger partial charge on any atom is 0.156 e. The zero-order valence-electron chi connectivity index (χ0n) is 16.8. The maximum absolute atomic E-state index is 6.47. The molecule has 0 atom stereocenters. The number of aryl methyl sites for hydroxylation is 1. The summed E-state index contributed by atoms with van der Waals surface area (Å²) in [4.78, 5) is 26.2. The summed E-state index contributed by atoms with van der Waals surface area (Å²) in [5.74, 6) is 1.81. The number of piperidine rings is 1. The Morgan fingerprint density at radius 2 is 2.10 bits per heavy atom. The summed E-state index contributed by atoms with van der Waals surface area (Å²) >= 11 is 1.82. The Kier molecular flexibility index (Phi) is 4.10. The van der Waals surface area contributed by atoms with Crippen LogP contribution < -0.4 is 4.90 Å². The molecular weight excluding hydrogens is 396 g/mol. The van der Waals surface area contributed by atoms with E-state index < -0.39 is 0 Å². The van der Waals surface area contributed by atoms with Crippen molar-refractivity contribution >= 4 is 28.2 Å². The van der Waals surface area contributed by atoms with Crippen molar-refractivity contribution in [2.45, 2.75) is 31.8 Å². The van der Waals surface area contributed by atoms with Crippen molar-refractivity contribution in [3.05, 3.63) is 53.2 Å². The van der Waals surface area contributed by atoms with Gasteiger partial charge in [0.1, 0.15) is 16.9 Å². The van der Waals surface area contributed by atoms with Crippen LogP contribution in [-0.4, -0.2) is 44.6 Å². The van der Waals surface area contributed by atoms with Gasteiger partial charge in [-0.3, -0.25) is 9.97 Å². The molecule has 30 heavy (non-hydrogen) atoms. The molecule has 1 N–H and O–H groups in total. The summed E-state index contributed by atoms with van der Waals surface area (Å²) in [7, 11) is 0. The van der Waals surface area contributed by atoms with Crippen LogP contribution in [0, 0.1) is 6.92 Å². The van der Waals surface area contributed by atoms with E-state index in [0.29, 0.717) is 0 Å². The zero-order chi connectivity index (χ0) is 20.1. The first-order chi connectivity index (χ1) is 14.7. The number of nitrogens with one attached hydrogen (secondary N) is 1. The molecule has 0 radical (unpaired) electrons. The van der Waals surface area contributed by atoms with E-state index in [4.69, 9.17) is 9.72 Å². The Labute approximate surface area is 178 Å². The van der Waals surface area contributed by atoms with Crippen molar-refractivity contribution in [2.24, 2.45) is 0 Å². The third-order valence-electron chi connectivity index (χ3n) is 6.16. The van der Waals surface area contributed by atoms with Gasteiger partial charge >= 0.3 is 0 Å². The van der Waals surface area contributed by atoms with Crippen molar-refractivity contribution in [1.82, 2.24) is 24.9 Å². The normalized spacial score (nSPS) is 18.1. The highest BCUT2D eigenvalue weighted by Gasteiger charge is 2.43. The van der Waals surface area contributed by atoms with Gasteiger partial charge in [0, 0.05) is 36.6 Å². The molecule has 0 amide bonds. The Balaban J connectivity index is 1.31. The largest absolute Gasteiger partial charge is 0.369 e. The van der Waals surface area contributed by atoms with E-state index in [1.165, 1.54) is 15.3 Å². The summed E-state index contributed by atoms with van der Waals surface area (Å²) in [6.45, 7) is 4.54. The van der Waals surface area contributed by atoms with Gasteiger partial charge in [0.25, 0.3) is 0 Å². The molecule has 8 heteroatoms.